The van der Waals surface area contributed by atoms with E-state index in [0.29, 0.717) is 6.07 Å². The van der Waals surface area contributed by atoms with Gasteiger partial charge in [0.25, 0.3) is 0 Å². The molecule has 0 bridgehead atoms. The van der Waals surface area contributed by atoms with Crippen LogP contribution in [0.15, 0.2) is 23.1 Å². The Morgan fingerprint density at radius 1 is 1.44 bits per heavy atom. The summed E-state index contributed by atoms with van der Waals surface area (Å²) in [5.41, 5.74) is 0. The lowest BCUT2D eigenvalue weighted by atomic mass is 10.3. The third-order valence-electron chi connectivity index (χ3n) is 2.56. The first-order valence-corrected chi connectivity index (χ1v) is 6.54. The van der Waals surface area contributed by atoms with Crippen LogP contribution in [-0.2, 0) is 10.0 Å². The van der Waals surface area contributed by atoms with E-state index in [4.69, 9.17) is 5.26 Å². The van der Waals surface area contributed by atoms with E-state index < -0.39 is 32.6 Å². The summed E-state index contributed by atoms with van der Waals surface area (Å²) in [6, 6.07) is 3.42. The van der Waals surface area contributed by atoms with Crippen LogP contribution in [0.25, 0.3) is 0 Å². The fourth-order valence-electron chi connectivity index (χ4n) is 1.33. The zero-order valence-corrected chi connectivity index (χ0v) is 10.7. The van der Waals surface area contributed by atoms with Crippen molar-refractivity contribution in [2.24, 2.45) is 0 Å². The van der Waals surface area contributed by atoms with Crippen LogP contribution < -0.4 is 0 Å². The second-order valence-corrected chi connectivity index (χ2v) is 5.77. The van der Waals surface area contributed by atoms with Gasteiger partial charge in [0, 0.05) is 13.1 Å². The highest BCUT2D eigenvalue weighted by molar-refractivity contribution is 7.89. The zero-order chi connectivity index (χ0) is 13.9. The van der Waals surface area contributed by atoms with E-state index in [0.717, 1.165) is 16.4 Å². The molecule has 1 aromatic rings. The minimum Gasteiger partial charge on any atom is -0.207 e. The lowest BCUT2D eigenvalue weighted by Gasteiger charge is -2.22. The van der Waals surface area contributed by atoms with Crippen molar-refractivity contribution in [3.8, 4) is 6.07 Å². The Morgan fingerprint density at radius 2 is 2.06 bits per heavy atom. The number of rotatable bonds is 4. The van der Waals surface area contributed by atoms with Gasteiger partial charge >= 0.3 is 0 Å². The van der Waals surface area contributed by atoms with Crippen LogP contribution in [-0.4, -0.2) is 25.8 Å². The van der Waals surface area contributed by atoms with Crippen LogP contribution in [0.1, 0.15) is 13.3 Å². The second kappa shape index (κ2) is 5.42. The van der Waals surface area contributed by atoms with E-state index in [9.17, 15) is 17.2 Å². The summed E-state index contributed by atoms with van der Waals surface area (Å²) in [6.45, 7) is 1.51. The van der Waals surface area contributed by atoms with Crippen molar-refractivity contribution in [2.45, 2.75) is 24.3 Å². The third kappa shape index (κ3) is 2.83. The van der Waals surface area contributed by atoms with Gasteiger partial charge < -0.3 is 0 Å². The molecule has 0 radical (unpaired) electrons. The smallest absolute Gasteiger partial charge is 0.207 e. The lowest BCUT2D eigenvalue weighted by Crippen LogP contribution is -2.35. The molecule has 0 aliphatic carbocycles. The maximum absolute atomic E-state index is 13.4. The number of nitrogens with zero attached hydrogens (tertiary/aromatic N) is 2. The average Bonchev–Trinajstić information content (AvgIpc) is 2.31. The standard InChI is InChI=1S/C11H12F2N2O2S/c1-8(5-6-14)15(2)18(16,17)11-7-9(12)3-4-10(11)13/h3-4,7-8H,5H2,1-2H3. The number of hydrogen-bond donors (Lipinski definition) is 0. The monoisotopic (exact) mass is 274 g/mol. The Kier molecular flexibility index (Phi) is 4.38. The Labute approximate surface area is 105 Å². The molecule has 0 aliphatic heterocycles. The van der Waals surface area contributed by atoms with E-state index >= 15 is 0 Å². The van der Waals surface area contributed by atoms with Gasteiger partial charge in [-0.3, -0.25) is 0 Å². The number of benzene rings is 1. The highest BCUT2D eigenvalue weighted by atomic mass is 32.2. The van der Waals surface area contributed by atoms with Gasteiger partial charge in [-0.1, -0.05) is 0 Å². The largest absolute Gasteiger partial charge is 0.246 e. The Hall–Kier alpha value is -1.52. The third-order valence-corrected chi connectivity index (χ3v) is 4.54. The van der Waals surface area contributed by atoms with Crippen LogP contribution in [0.4, 0.5) is 8.78 Å². The number of hydrogen-bond acceptors (Lipinski definition) is 3. The van der Waals surface area contributed by atoms with Crippen LogP contribution in [0.2, 0.25) is 0 Å². The maximum atomic E-state index is 13.4. The van der Waals surface area contributed by atoms with Gasteiger partial charge in [-0.25, -0.2) is 17.2 Å². The lowest BCUT2D eigenvalue weighted by molar-refractivity contribution is 0.389. The quantitative estimate of drug-likeness (QED) is 0.842. The first-order valence-electron chi connectivity index (χ1n) is 5.10. The molecule has 18 heavy (non-hydrogen) atoms. The van der Waals surface area contributed by atoms with E-state index in [1.807, 2.05) is 6.07 Å². The molecule has 0 aliphatic rings. The van der Waals surface area contributed by atoms with E-state index in [-0.39, 0.29) is 6.42 Å². The van der Waals surface area contributed by atoms with Crippen LogP contribution in [0.3, 0.4) is 0 Å². The minimum absolute atomic E-state index is 0.0351. The van der Waals surface area contributed by atoms with Crippen molar-refractivity contribution < 1.29 is 17.2 Å². The van der Waals surface area contributed by atoms with Crippen LogP contribution >= 0.6 is 0 Å². The molecule has 0 aromatic heterocycles. The number of halogens is 2. The first kappa shape index (κ1) is 14.5. The summed E-state index contributed by atoms with van der Waals surface area (Å²) in [4.78, 5) is -0.727. The van der Waals surface area contributed by atoms with Crippen molar-refractivity contribution in [1.82, 2.24) is 4.31 Å². The van der Waals surface area contributed by atoms with Crippen LogP contribution in [0.5, 0.6) is 0 Å². The molecule has 0 saturated heterocycles. The summed E-state index contributed by atoms with van der Waals surface area (Å²) >= 11 is 0. The molecule has 7 heteroatoms. The van der Waals surface area contributed by atoms with Crippen molar-refractivity contribution in [3.05, 3.63) is 29.8 Å². The molecular weight excluding hydrogens is 262 g/mol. The molecule has 1 unspecified atom stereocenters. The number of sulfonamides is 1. The van der Waals surface area contributed by atoms with Gasteiger partial charge in [0.2, 0.25) is 10.0 Å². The molecule has 0 saturated carbocycles. The van der Waals surface area contributed by atoms with Gasteiger partial charge in [-0.15, -0.1) is 0 Å². The summed E-state index contributed by atoms with van der Waals surface area (Å²) in [5.74, 6) is -1.86. The molecular formula is C11H12F2N2O2S. The fourth-order valence-corrected chi connectivity index (χ4v) is 2.76. The average molecular weight is 274 g/mol. The molecule has 1 atom stereocenters. The van der Waals surface area contributed by atoms with E-state index in [1.165, 1.54) is 14.0 Å². The molecule has 98 valence electrons. The molecule has 1 rings (SSSR count). The molecule has 0 N–H and O–H groups in total. The molecule has 0 amide bonds. The highest BCUT2D eigenvalue weighted by Gasteiger charge is 2.28. The summed E-state index contributed by atoms with van der Waals surface area (Å²) in [6.07, 6.45) is -0.0351. The van der Waals surface area contributed by atoms with Crippen molar-refractivity contribution >= 4 is 10.0 Å². The highest BCUT2D eigenvalue weighted by Crippen LogP contribution is 2.21. The van der Waals surface area contributed by atoms with Gasteiger partial charge in [-0.05, 0) is 25.1 Å². The second-order valence-electron chi connectivity index (χ2n) is 3.81. The molecule has 0 spiro atoms. The Morgan fingerprint density at radius 3 is 2.61 bits per heavy atom. The molecule has 4 nitrogen and oxygen atoms in total. The van der Waals surface area contributed by atoms with E-state index in [2.05, 4.69) is 0 Å². The Bertz CT molecular complexity index is 581. The normalized spacial score (nSPS) is 13.3. The topological polar surface area (TPSA) is 61.2 Å². The summed E-state index contributed by atoms with van der Waals surface area (Å²) in [5, 5.41) is 8.51. The summed E-state index contributed by atoms with van der Waals surface area (Å²) < 4.78 is 51.3. The van der Waals surface area contributed by atoms with E-state index in [1.54, 1.807) is 0 Å². The molecule has 0 heterocycles. The minimum atomic E-state index is -4.15. The van der Waals surface area contributed by atoms with Crippen molar-refractivity contribution in [2.75, 3.05) is 7.05 Å². The summed E-state index contributed by atoms with van der Waals surface area (Å²) in [7, 11) is -2.92. The van der Waals surface area contributed by atoms with Gasteiger partial charge in [0.1, 0.15) is 16.5 Å². The Balaban J connectivity index is 3.22. The SMILES string of the molecule is CC(CC#N)N(C)S(=O)(=O)c1cc(F)ccc1F. The number of nitriles is 1. The maximum Gasteiger partial charge on any atom is 0.246 e. The van der Waals surface area contributed by atoms with Gasteiger partial charge in [-0.2, -0.15) is 9.57 Å². The van der Waals surface area contributed by atoms with Crippen molar-refractivity contribution in [3.63, 3.8) is 0 Å². The van der Waals surface area contributed by atoms with Crippen LogP contribution in [0, 0.1) is 23.0 Å². The fraction of sp³-hybridized carbons (Fsp3) is 0.364. The zero-order valence-electron chi connectivity index (χ0n) is 9.89. The van der Waals surface area contributed by atoms with Crippen molar-refractivity contribution in [1.29, 1.82) is 5.26 Å². The first-order chi connectivity index (χ1) is 8.30. The van der Waals surface area contributed by atoms with Gasteiger partial charge in [0.15, 0.2) is 0 Å². The molecule has 0 fully saturated rings. The predicted molar refractivity (Wildman–Crippen MR) is 61.0 cm³/mol. The predicted octanol–water partition coefficient (Wildman–Crippen LogP) is 1.89. The molecule has 1 aromatic carbocycles. The van der Waals surface area contributed by atoms with Gasteiger partial charge in [0.05, 0.1) is 12.5 Å².